The highest BCUT2D eigenvalue weighted by molar-refractivity contribution is 5.23. The van der Waals surface area contributed by atoms with Crippen LogP contribution in [0.1, 0.15) is 63.9 Å². The fourth-order valence-corrected chi connectivity index (χ4v) is 5.36. The first-order valence-corrected chi connectivity index (χ1v) is 7.79. The van der Waals surface area contributed by atoms with Crippen LogP contribution in [0.25, 0.3) is 0 Å². The second kappa shape index (κ2) is 3.63. The Bertz CT molecular complexity index is 459. The van der Waals surface area contributed by atoms with E-state index in [1.165, 1.54) is 44.2 Å². The number of aromatic amines is 1. The molecule has 0 spiro atoms. The van der Waals surface area contributed by atoms with Gasteiger partial charge in [0.2, 0.25) is 0 Å². The summed E-state index contributed by atoms with van der Waals surface area (Å²) in [5.41, 5.74) is 7.59. The van der Waals surface area contributed by atoms with E-state index in [-0.39, 0.29) is 5.54 Å². The van der Waals surface area contributed by atoms with Gasteiger partial charge >= 0.3 is 0 Å². The predicted molar refractivity (Wildman–Crippen MR) is 75.7 cm³/mol. The van der Waals surface area contributed by atoms with Crippen LogP contribution < -0.4 is 5.73 Å². The van der Waals surface area contributed by atoms with E-state index in [9.17, 15) is 0 Å². The average Bonchev–Trinajstić information content (AvgIpc) is 2.75. The Morgan fingerprint density at radius 1 is 1.16 bits per heavy atom. The van der Waals surface area contributed by atoms with Gasteiger partial charge in [-0.05, 0) is 70.1 Å². The number of nitrogens with zero attached hydrogens (tertiary/aromatic N) is 1. The van der Waals surface area contributed by atoms with Crippen LogP contribution in [-0.2, 0) is 11.0 Å². The molecule has 3 N–H and O–H groups in total. The minimum atomic E-state index is -0.361. The van der Waals surface area contributed by atoms with Crippen molar-refractivity contribution < 1.29 is 0 Å². The summed E-state index contributed by atoms with van der Waals surface area (Å²) in [7, 11) is 0. The molecule has 1 heterocycles. The molecule has 3 heteroatoms. The van der Waals surface area contributed by atoms with Crippen LogP contribution >= 0.6 is 0 Å². The van der Waals surface area contributed by atoms with Gasteiger partial charge in [0, 0.05) is 17.3 Å². The van der Waals surface area contributed by atoms with Crippen molar-refractivity contribution >= 4 is 0 Å². The van der Waals surface area contributed by atoms with Crippen LogP contribution in [0, 0.1) is 17.8 Å². The first-order chi connectivity index (χ1) is 8.95. The summed E-state index contributed by atoms with van der Waals surface area (Å²) in [6.07, 6.45) is 10.7. The van der Waals surface area contributed by atoms with E-state index in [0.29, 0.717) is 5.41 Å². The zero-order valence-corrected chi connectivity index (χ0v) is 12.1. The third-order valence-electron chi connectivity index (χ3n) is 5.80. The summed E-state index contributed by atoms with van der Waals surface area (Å²) < 4.78 is 0. The number of nitrogens with one attached hydrogen (secondary N) is 1. The molecule has 3 nitrogen and oxygen atoms in total. The fourth-order valence-electron chi connectivity index (χ4n) is 5.36. The second-order valence-corrected chi connectivity index (χ2v) is 8.07. The molecule has 0 unspecified atom stereocenters. The van der Waals surface area contributed by atoms with Crippen LogP contribution in [0.15, 0.2) is 6.20 Å². The van der Waals surface area contributed by atoms with Crippen molar-refractivity contribution in [2.45, 2.75) is 63.3 Å². The maximum absolute atomic E-state index is 6.17. The Hall–Kier alpha value is -0.830. The Labute approximate surface area is 115 Å². The maximum Gasteiger partial charge on any atom is 0.125 e. The van der Waals surface area contributed by atoms with Crippen LogP contribution in [0.5, 0.6) is 0 Å². The van der Waals surface area contributed by atoms with Gasteiger partial charge in [0.05, 0.1) is 5.54 Å². The molecule has 5 rings (SSSR count). The largest absolute Gasteiger partial charge is 0.344 e. The van der Waals surface area contributed by atoms with Gasteiger partial charge in [-0.15, -0.1) is 0 Å². The van der Waals surface area contributed by atoms with E-state index >= 15 is 0 Å². The molecule has 0 aromatic carbocycles. The molecule has 1 aromatic heterocycles. The highest BCUT2D eigenvalue weighted by Crippen LogP contribution is 2.60. The number of rotatable bonds is 2. The Morgan fingerprint density at radius 3 is 2.11 bits per heavy atom. The monoisotopic (exact) mass is 259 g/mol. The zero-order valence-electron chi connectivity index (χ0n) is 12.1. The van der Waals surface area contributed by atoms with Crippen molar-refractivity contribution in [3.05, 3.63) is 17.7 Å². The highest BCUT2D eigenvalue weighted by atomic mass is 15.0. The van der Waals surface area contributed by atoms with Crippen LogP contribution in [0.4, 0.5) is 0 Å². The van der Waals surface area contributed by atoms with E-state index in [4.69, 9.17) is 5.73 Å². The van der Waals surface area contributed by atoms with Gasteiger partial charge in [-0.2, -0.15) is 0 Å². The van der Waals surface area contributed by atoms with Gasteiger partial charge in [-0.25, -0.2) is 4.98 Å². The molecule has 0 saturated heterocycles. The third kappa shape index (κ3) is 1.78. The van der Waals surface area contributed by atoms with Crippen LogP contribution in [0.2, 0.25) is 0 Å². The molecule has 4 aliphatic carbocycles. The van der Waals surface area contributed by atoms with Gasteiger partial charge in [0.1, 0.15) is 5.82 Å². The molecule has 0 amide bonds. The van der Waals surface area contributed by atoms with Gasteiger partial charge in [-0.1, -0.05) is 0 Å². The van der Waals surface area contributed by atoms with Crippen molar-refractivity contribution in [2.75, 3.05) is 0 Å². The smallest absolute Gasteiger partial charge is 0.125 e. The minimum Gasteiger partial charge on any atom is -0.344 e. The molecular formula is C16H25N3. The Morgan fingerprint density at radius 2 is 1.68 bits per heavy atom. The van der Waals surface area contributed by atoms with Gasteiger partial charge in [0.15, 0.2) is 0 Å². The molecule has 4 fully saturated rings. The molecule has 0 radical (unpaired) electrons. The first-order valence-electron chi connectivity index (χ1n) is 7.79. The lowest BCUT2D eigenvalue weighted by Gasteiger charge is -2.56. The fraction of sp³-hybridized carbons (Fsp3) is 0.812. The summed E-state index contributed by atoms with van der Waals surface area (Å²) in [6, 6.07) is 0. The first kappa shape index (κ1) is 12.0. The molecule has 19 heavy (non-hydrogen) atoms. The van der Waals surface area contributed by atoms with E-state index in [2.05, 4.69) is 16.2 Å². The molecule has 4 aliphatic rings. The average molecular weight is 259 g/mol. The second-order valence-electron chi connectivity index (χ2n) is 8.07. The van der Waals surface area contributed by atoms with E-state index in [1.807, 2.05) is 13.8 Å². The Balaban J connectivity index is 1.70. The minimum absolute atomic E-state index is 0.361. The van der Waals surface area contributed by atoms with Crippen molar-refractivity contribution in [1.82, 2.24) is 9.97 Å². The van der Waals surface area contributed by atoms with Crippen molar-refractivity contribution in [2.24, 2.45) is 23.5 Å². The van der Waals surface area contributed by atoms with Crippen molar-refractivity contribution in [3.63, 3.8) is 0 Å². The predicted octanol–water partition coefficient (Wildman–Crippen LogP) is 3.07. The van der Waals surface area contributed by atoms with Crippen LogP contribution in [0.3, 0.4) is 0 Å². The van der Waals surface area contributed by atoms with Crippen molar-refractivity contribution in [1.29, 1.82) is 0 Å². The van der Waals surface area contributed by atoms with E-state index < -0.39 is 0 Å². The third-order valence-corrected chi connectivity index (χ3v) is 5.80. The number of nitrogens with two attached hydrogens (primary N) is 1. The topological polar surface area (TPSA) is 54.7 Å². The molecule has 0 atom stereocenters. The number of H-pyrrole nitrogens is 1. The summed E-state index contributed by atoms with van der Waals surface area (Å²) in [6.45, 7) is 4.05. The zero-order chi connectivity index (χ0) is 13.3. The van der Waals surface area contributed by atoms with E-state index in [0.717, 1.165) is 23.6 Å². The van der Waals surface area contributed by atoms with Crippen molar-refractivity contribution in [3.8, 4) is 0 Å². The normalized spacial score (nSPS) is 40.9. The summed E-state index contributed by atoms with van der Waals surface area (Å²) in [5.74, 6) is 3.87. The number of hydrogen-bond donors (Lipinski definition) is 2. The quantitative estimate of drug-likeness (QED) is 0.857. The molecule has 1 aromatic rings. The lowest BCUT2D eigenvalue weighted by molar-refractivity contribution is -0.00709. The van der Waals surface area contributed by atoms with Gasteiger partial charge in [0.25, 0.3) is 0 Å². The van der Waals surface area contributed by atoms with E-state index in [1.54, 1.807) is 0 Å². The number of hydrogen-bond acceptors (Lipinski definition) is 2. The van der Waals surface area contributed by atoms with Crippen LogP contribution in [-0.4, -0.2) is 9.97 Å². The lowest BCUT2D eigenvalue weighted by atomic mass is 9.49. The molecule has 0 aliphatic heterocycles. The maximum atomic E-state index is 6.17. The van der Waals surface area contributed by atoms with Gasteiger partial charge < -0.3 is 10.7 Å². The molecule has 4 saturated carbocycles. The summed E-state index contributed by atoms with van der Waals surface area (Å²) in [5, 5.41) is 0. The number of aromatic nitrogens is 2. The standard InChI is InChI=1S/C16H25N3/c1-15(2,17)14-18-9-13(19-14)16-6-10-3-11(7-16)5-12(4-10)8-16/h9-12H,3-8,17H2,1-2H3,(H,18,19). The molecule has 4 bridgehead atoms. The lowest BCUT2D eigenvalue weighted by Crippen LogP contribution is -2.48. The molecule has 104 valence electrons. The molecular weight excluding hydrogens is 234 g/mol. The summed E-state index contributed by atoms with van der Waals surface area (Å²) in [4.78, 5) is 8.14. The number of imidazole rings is 1. The highest BCUT2D eigenvalue weighted by Gasteiger charge is 2.52. The Kier molecular flexibility index (Phi) is 2.28. The van der Waals surface area contributed by atoms with Gasteiger partial charge in [-0.3, -0.25) is 0 Å². The summed E-state index contributed by atoms with van der Waals surface area (Å²) >= 11 is 0. The SMILES string of the molecule is CC(C)(N)c1ncc(C23CC4CC(CC(C4)C2)C3)[nH]1.